The second kappa shape index (κ2) is 12.0. The molecule has 10 heteroatoms. The lowest BCUT2D eigenvalue weighted by Gasteiger charge is -2.30. The van der Waals surface area contributed by atoms with Crippen LogP contribution in [0.15, 0.2) is 89.0 Å². The van der Waals surface area contributed by atoms with Gasteiger partial charge < -0.3 is 14.6 Å². The van der Waals surface area contributed by atoms with Crippen LogP contribution in [0.4, 0.5) is 5.69 Å². The lowest BCUT2D eigenvalue weighted by Crippen LogP contribution is -2.49. The van der Waals surface area contributed by atoms with E-state index in [-0.39, 0.29) is 18.9 Å². The number of aliphatic hydroxyl groups is 1. The van der Waals surface area contributed by atoms with Crippen LogP contribution < -0.4 is 10.2 Å². The average Bonchev–Trinajstić information content (AvgIpc) is 3.31. The molecule has 0 saturated carbocycles. The topological polar surface area (TPSA) is 138 Å². The van der Waals surface area contributed by atoms with Crippen LogP contribution in [0, 0.1) is 0 Å². The maximum atomic E-state index is 13.6. The number of nitrogens with zero attached hydrogens (tertiary/aromatic N) is 4. The number of hydrogen-bond donors (Lipinski definition) is 2. The molecular formula is C27H27N5O5. The summed E-state index contributed by atoms with van der Waals surface area (Å²) in [6, 6.07) is 23.5. The summed E-state index contributed by atoms with van der Waals surface area (Å²) in [5.74, 6) is 0.386. The van der Waals surface area contributed by atoms with Crippen LogP contribution in [0.2, 0.25) is 0 Å². The predicted molar refractivity (Wildman–Crippen MR) is 137 cm³/mol. The van der Waals surface area contributed by atoms with Crippen molar-refractivity contribution in [3.8, 4) is 5.75 Å². The van der Waals surface area contributed by atoms with E-state index in [1.807, 2.05) is 30.3 Å². The zero-order chi connectivity index (χ0) is 26.1. The van der Waals surface area contributed by atoms with Crippen molar-refractivity contribution in [2.45, 2.75) is 24.5 Å². The second-order valence-corrected chi connectivity index (χ2v) is 8.34. The highest BCUT2D eigenvalue weighted by Gasteiger charge is 2.54. The van der Waals surface area contributed by atoms with Crippen LogP contribution in [-0.4, -0.2) is 42.8 Å². The van der Waals surface area contributed by atoms with Gasteiger partial charge in [0.1, 0.15) is 5.75 Å². The van der Waals surface area contributed by atoms with Crippen LogP contribution in [0.1, 0.15) is 29.2 Å². The smallest absolute Gasteiger partial charge is 0.276 e. The van der Waals surface area contributed by atoms with Gasteiger partial charge in [-0.25, -0.2) is 10.5 Å². The van der Waals surface area contributed by atoms with E-state index in [1.165, 1.54) is 7.11 Å². The molecule has 37 heavy (non-hydrogen) atoms. The van der Waals surface area contributed by atoms with Crippen molar-refractivity contribution in [1.29, 1.82) is 0 Å². The molecule has 3 aromatic rings. The maximum Gasteiger partial charge on any atom is 0.276 e. The number of ether oxygens (including phenoxy) is 2. The molecule has 2 N–H and O–H groups in total. The summed E-state index contributed by atoms with van der Waals surface area (Å²) < 4.78 is 12.0. The van der Waals surface area contributed by atoms with Gasteiger partial charge in [-0.05, 0) is 35.4 Å². The van der Waals surface area contributed by atoms with E-state index < -0.39 is 17.6 Å². The van der Waals surface area contributed by atoms with Gasteiger partial charge in [-0.15, -0.1) is 0 Å². The van der Waals surface area contributed by atoms with Crippen LogP contribution >= 0.6 is 0 Å². The highest BCUT2D eigenvalue weighted by molar-refractivity contribution is 6.01. The van der Waals surface area contributed by atoms with E-state index in [1.54, 1.807) is 48.5 Å². The molecule has 0 fully saturated rings. The molecule has 0 bridgehead atoms. The van der Waals surface area contributed by atoms with Gasteiger partial charge in [0.15, 0.2) is 11.6 Å². The number of nitrogens with one attached hydrogen (secondary N) is 1. The summed E-state index contributed by atoms with van der Waals surface area (Å²) in [7, 11) is 1.35. The number of hydrogen-bond acceptors (Lipinski definition) is 7. The molecule has 0 spiro atoms. The van der Waals surface area contributed by atoms with Crippen molar-refractivity contribution in [3.63, 3.8) is 0 Å². The Morgan fingerprint density at radius 3 is 2.57 bits per heavy atom. The number of azide groups is 1. The molecule has 0 aliphatic carbocycles. The summed E-state index contributed by atoms with van der Waals surface area (Å²) in [5, 5.41) is 12.8. The van der Waals surface area contributed by atoms with Crippen LogP contribution in [0.3, 0.4) is 0 Å². The number of amides is 1. The van der Waals surface area contributed by atoms with Gasteiger partial charge in [0.2, 0.25) is 5.90 Å². The Balaban J connectivity index is 1.81. The van der Waals surface area contributed by atoms with Crippen molar-refractivity contribution in [2.24, 2.45) is 10.1 Å². The third-order valence-electron chi connectivity index (χ3n) is 5.91. The van der Waals surface area contributed by atoms with Crippen molar-refractivity contribution in [1.82, 2.24) is 5.48 Å². The minimum atomic E-state index is -1.47. The average molecular weight is 502 g/mol. The fourth-order valence-electron chi connectivity index (χ4n) is 4.20. The first-order valence-electron chi connectivity index (χ1n) is 11.7. The fourth-order valence-corrected chi connectivity index (χ4v) is 4.20. The minimum absolute atomic E-state index is 0.0501. The first kappa shape index (κ1) is 25.7. The highest BCUT2D eigenvalue weighted by atomic mass is 16.6. The Labute approximate surface area is 214 Å². The normalized spacial score (nSPS) is 18.3. The molecule has 3 aromatic carbocycles. The number of carbonyl (C=O) groups is 1. The van der Waals surface area contributed by atoms with Crippen LogP contribution in [0.5, 0.6) is 5.75 Å². The van der Waals surface area contributed by atoms with Crippen LogP contribution in [0.25, 0.3) is 10.4 Å². The molecule has 0 saturated heterocycles. The molecule has 190 valence electrons. The Morgan fingerprint density at radius 2 is 1.86 bits per heavy atom. The largest absolute Gasteiger partial charge is 0.494 e. The lowest BCUT2D eigenvalue weighted by atomic mass is 9.81. The molecule has 2 atom stereocenters. The first-order valence-corrected chi connectivity index (χ1v) is 11.7. The Morgan fingerprint density at radius 1 is 1.14 bits per heavy atom. The monoisotopic (exact) mass is 501 g/mol. The Kier molecular flexibility index (Phi) is 8.37. The predicted octanol–water partition coefficient (Wildman–Crippen LogP) is 4.57. The summed E-state index contributed by atoms with van der Waals surface area (Å²) in [4.78, 5) is 26.4. The Hall–Kier alpha value is -4.37. The van der Waals surface area contributed by atoms with E-state index in [4.69, 9.17) is 29.9 Å². The van der Waals surface area contributed by atoms with Crippen molar-refractivity contribution in [3.05, 3.63) is 106 Å². The van der Waals surface area contributed by atoms with Crippen LogP contribution in [-0.2, 0) is 20.8 Å². The summed E-state index contributed by atoms with van der Waals surface area (Å²) in [6.07, 6.45) is -0.190. The number of aliphatic imine (C=N–C) groups is 1. The third kappa shape index (κ3) is 5.73. The number of rotatable bonds is 11. The summed E-state index contributed by atoms with van der Waals surface area (Å²) in [5.41, 5.74) is 12.5. The highest BCUT2D eigenvalue weighted by Crippen LogP contribution is 2.45. The van der Waals surface area contributed by atoms with Gasteiger partial charge in [0.25, 0.3) is 5.91 Å². The molecule has 0 radical (unpaired) electrons. The van der Waals surface area contributed by atoms with E-state index in [0.717, 1.165) is 5.56 Å². The number of aliphatic hydroxyl groups excluding tert-OH is 1. The first-order chi connectivity index (χ1) is 18.1. The van der Waals surface area contributed by atoms with E-state index in [0.29, 0.717) is 35.6 Å². The molecule has 10 nitrogen and oxygen atoms in total. The van der Waals surface area contributed by atoms with Crippen molar-refractivity contribution in [2.75, 3.05) is 20.3 Å². The lowest BCUT2D eigenvalue weighted by molar-refractivity contribution is -0.139. The molecule has 1 aliphatic heterocycles. The summed E-state index contributed by atoms with van der Waals surface area (Å²) >= 11 is 0. The standard InChI is InChI=1S/C27H27N5O5/c1-35-31-26(34)27(18-19-8-3-2-4-9-19)24(22-10-5-6-11-23(22)30-32-28)37-25(29-27)20-12-14-21(15-13-20)36-17-7-16-33/h2-6,8-15,24,33H,7,16-18H2,1H3,(H,31,34)/t24-,27-/m0/s1. The summed E-state index contributed by atoms with van der Waals surface area (Å²) in [6.45, 7) is 0.442. The van der Waals surface area contributed by atoms with E-state index in [2.05, 4.69) is 15.5 Å². The van der Waals surface area contributed by atoms with Gasteiger partial charge in [-0.2, -0.15) is 0 Å². The zero-order valence-corrected chi connectivity index (χ0v) is 20.3. The Bertz CT molecular complexity index is 1290. The van der Waals surface area contributed by atoms with Gasteiger partial charge in [0.05, 0.1) is 13.7 Å². The molecule has 1 heterocycles. The molecule has 1 aliphatic rings. The fraction of sp³-hybridized carbons (Fsp3) is 0.259. The van der Waals surface area contributed by atoms with Gasteiger partial charge >= 0.3 is 0 Å². The number of hydroxylamine groups is 1. The van der Waals surface area contributed by atoms with Crippen molar-refractivity contribution >= 4 is 17.5 Å². The van der Waals surface area contributed by atoms with Crippen molar-refractivity contribution < 1.29 is 24.2 Å². The molecule has 1 amide bonds. The van der Waals surface area contributed by atoms with E-state index in [9.17, 15) is 4.79 Å². The number of benzene rings is 3. The molecule has 0 unspecified atom stereocenters. The van der Waals surface area contributed by atoms with E-state index >= 15 is 0 Å². The molecule has 4 rings (SSSR count). The molecule has 0 aromatic heterocycles. The second-order valence-electron chi connectivity index (χ2n) is 8.34. The third-order valence-corrected chi connectivity index (χ3v) is 5.91. The number of carbonyl (C=O) groups excluding carboxylic acids is 1. The zero-order valence-electron chi connectivity index (χ0n) is 20.3. The van der Waals surface area contributed by atoms with Gasteiger partial charge in [-0.1, -0.05) is 59.7 Å². The maximum absolute atomic E-state index is 13.6. The quantitative estimate of drug-likeness (QED) is 0.130. The van der Waals surface area contributed by atoms with Gasteiger partial charge in [-0.3, -0.25) is 9.63 Å². The minimum Gasteiger partial charge on any atom is -0.494 e. The SMILES string of the molecule is CONC(=O)[C@@]1(Cc2ccccc2)N=C(c2ccc(OCCCO)cc2)O[C@H]1c1ccccc1N=[N+]=[N-]. The van der Waals surface area contributed by atoms with Gasteiger partial charge in [0, 0.05) is 41.2 Å². The molecular weight excluding hydrogens is 474 g/mol.